The van der Waals surface area contributed by atoms with E-state index in [9.17, 15) is 35.7 Å². The summed E-state index contributed by atoms with van der Waals surface area (Å²) in [6, 6.07) is -2.86. The Balaban J connectivity index is 1.72. The topological polar surface area (TPSA) is 283 Å². The van der Waals surface area contributed by atoms with Crippen molar-refractivity contribution in [1.82, 2.24) is 0 Å². The van der Waals surface area contributed by atoms with Gasteiger partial charge in [0, 0.05) is 18.6 Å². The summed E-state index contributed by atoms with van der Waals surface area (Å²) in [6.45, 7) is -0.763. The summed E-state index contributed by atoms with van der Waals surface area (Å²) in [7, 11) is 0. The van der Waals surface area contributed by atoms with Crippen LogP contribution >= 0.6 is 0 Å². The van der Waals surface area contributed by atoms with Gasteiger partial charge in [0.2, 0.25) is 0 Å². The minimum Gasteiger partial charge on any atom is -0.394 e. The van der Waals surface area contributed by atoms with Crippen molar-refractivity contribution in [3.63, 3.8) is 0 Å². The van der Waals surface area contributed by atoms with Crippen molar-refractivity contribution in [3.8, 4) is 0 Å². The van der Waals surface area contributed by atoms with Crippen LogP contribution in [-0.2, 0) is 18.9 Å². The minimum absolute atomic E-state index is 0.0849. The van der Waals surface area contributed by atoms with Gasteiger partial charge in [-0.25, -0.2) is 0 Å². The fraction of sp³-hybridized carbons (Fsp3) is 1.00. The summed E-state index contributed by atoms with van der Waals surface area (Å²) < 4.78 is 22.2. The summed E-state index contributed by atoms with van der Waals surface area (Å²) in [4.78, 5) is 0. The van der Waals surface area contributed by atoms with Crippen molar-refractivity contribution in [3.05, 3.63) is 0 Å². The molecule has 3 rings (SSSR count). The molecule has 1 saturated carbocycles. The molecule has 1 aliphatic carbocycles. The van der Waals surface area contributed by atoms with Crippen LogP contribution in [0.5, 0.6) is 0 Å². The number of nitrogens with two attached hydrogens (primary N) is 4. The maximum absolute atomic E-state index is 10.9. The Morgan fingerprint density at radius 3 is 1.70 bits per heavy atom. The van der Waals surface area contributed by atoms with Gasteiger partial charge < -0.3 is 77.6 Å². The Labute approximate surface area is 189 Å². The second-order valence-electron chi connectivity index (χ2n) is 8.79. The van der Waals surface area contributed by atoms with E-state index in [1.165, 1.54) is 0 Å². The maximum Gasteiger partial charge on any atom is 0.187 e. The van der Waals surface area contributed by atoms with Crippen LogP contribution < -0.4 is 22.9 Å². The van der Waals surface area contributed by atoms with Crippen LogP contribution in [0.25, 0.3) is 0 Å². The second kappa shape index (κ2) is 11.0. The Bertz CT molecular complexity index is 584. The zero-order valence-corrected chi connectivity index (χ0v) is 17.9. The summed E-state index contributed by atoms with van der Waals surface area (Å²) in [5, 5.41) is 70.9. The van der Waals surface area contributed by atoms with Gasteiger partial charge in [0.15, 0.2) is 12.6 Å². The molecule has 0 amide bonds. The lowest BCUT2D eigenvalue weighted by atomic mass is 9.84. The van der Waals surface area contributed by atoms with Gasteiger partial charge >= 0.3 is 0 Å². The molecular weight excluding hydrogens is 448 g/mol. The third-order valence-corrected chi connectivity index (χ3v) is 6.48. The first-order chi connectivity index (χ1) is 15.5. The maximum atomic E-state index is 10.9. The van der Waals surface area contributed by atoms with Crippen LogP contribution in [0.4, 0.5) is 0 Å². The second-order valence-corrected chi connectivity index (χ2v) is 8.79. The number of aliphatic hydroxyl groups is 7. The molecule has 3 aliphatic rings. The highest BCUT2D eigenvalue weighted by Crippen LogP contribution is 2.31. The molecule has 0 aromatic rings. The molecule has 2 saturated heterocycles. The highest BCUT2D eigenvalue weighted by atomic mass is 16.7. The molecular formula is C18H36N4O11. The first kappa shape index (κ1) is 27.0. The molecule has 6 unspecified atom stereocenters. The smallest absolute Gasteiger partial charge is 0.187 e. The van der Waals surface area contributed by atoms with E-state index in [1.54, 1.807) is 0 Å². The average molecular weight is 485 g/mol. The van der Waals surface area contributed by atoms with Crippen molar-refractivity contribution in [1.29, 1.82) is 0 Å². The molecule has 15 nitrogen and oxygen atoms in total. The lowest BCUT2D eigenvalue weighted by Crippen LogP contribution is -2.68. The molecule has 15 N–H and O–H groups in total. The van der Waals surface area contributed by atoms with Crippen molar-refractivity contribution in [2.75, 3.05) is 13.2 Å². The number of hydrogen-bond acceptors (Lipinski definition) is 15. The predicted octanol–water partition coefficient (Wildman–Crippen LogP) is -7.29. The molecule has 15 heteroatoms. The van der Waals surface area contributed by atoms with Crippen LogP contribution in [0.15, 0.2) is 0 Å². The van der Waals surface area contributed by atoms with E-state index in [0.29, 0.717) is 0 Å². The monoisotopic (exact) mass is 484 g/mol. The van der Waals surface area contributed by atoms with E-state index >= 15 is 0 Å². The van der Waals surface area contributed by atoms with E-state index in [-0.39, 0.29) is 13.0 Å². The van der Waals surface area contributed by atoms with Crippen LogP contribution in [0.3, 0.4) is 0 Å². The first-order valence-electron chi connectivity index (χ1n) is 10.8. The molecule has 2 heterocycles. The predicted molar refractivity (Wildman–Crippen MR) is 108 cm³/mol. The van der Waals surface area contributed by atoms with Gasteiger partial charge in [-0.1, -0.05) is 0 Å². The lowest BCUT2D eigenvalue weighted by Gasteiger charge is -2.48. The van der Waals surface area contributed by atoms with Gasteiger partial charge in [-0.05, 0) is 6.42 Å². The molecule has 0 aromatic carbocycles. The normalized spacial score (nSPS) is 53.7. The average Bonchev–Trinajstić information content (AvgIpc) is 2.79. The van der Waals surface area contributed by atoms with Gasteiger partial charge in [0.1, 0.15) is 61.0 Å². The van der Waals surface area contributed by atoms with Gasteiger partial charge in [-0.3, -0.25) is 0 Å². The van der Waals surface area contributed by atoms with E-state index in [2.05, 4.69) is 0 Å². The van der Waals surface area contributed by atoms with Crippen molar-refractivity contribution >= 4 is 0 Å². The molecule has 0 aromatic heterocycles. The van der Waals surface area contributed by atoms with Crippen molar-refractivity contribution < 1.29 is 54.7 Å². The number of ether oxygens (including phenoxy) is 4. The summed E-state index contributed by atoms with van der Waals surface area (Å²) in [5.74, 6) is 0. The van der Waals surface area contributed by atoms with Gasteiger partial charge in [0.25, 0.3) is 0 Å². The van der Waals surface area contributed by atoms with Crippen LogP contribution in [-0.4, -0.2) is 141 Å². The summed E-state index contributed by atoms with van der Waals surface area (Å²) in [5.41, 5.74) is 23.5. The number of rotatable bonds is 6. The molecule has 15 atom stereocenters. The minimum atomic E-state index is -1.66. The zero-order chi connectivity index (χ0) is 24.6. The summed E-state index contributed by atoms with van der Waals surface area (Å²) in [6.07, 6.45) is -16.5. The molecule has 0 radical (unpaired) electrons. The quantitative estimate of drug-likeness (QED) is 0.167. The summed E-state index contributed by atoms with van der Waals surface area (Å²) >= 11 is 0. The molecule has 194 valence electrons. The van der Waals surface area contributed by atoms with Gasteiger partial charge in [-0.2, -0.15) is 0 Å². The molecule has 3 fully saturated rings. The fourth-order valence-electron chi connectivity index (χ4n) is 4.40. The molecule has 0 bridgehead atoms. The highest BCUT2D eigenvalue weighted by molar-refractivity contribution is 5.01. The first-order valence-corrected chi connectivity index (χ1v) is 10.8. The standard InChI is InChI=1S/C18H36N4O11/c19-2-6-10(25)12(27)13(28)18(30-6)33-16-5(21)1-4(20)15(14(16)29)32-17-11(26)8(22)9(24)7(3-23)31-17/h4-18,23-29H,1-3,19-22H2/t4-,5?,6?,7+,8?,9-,10+,11-,12?,13-,14?,15+,16+,17?,18+/m0/s1. The lowest BCUT2D eigenvalue weighted by molar-refractivity contribution is -0.332. The molecule has 2 aliphatic heterocycles. The van der Waals surface area contributed by atoms with E-state index in [1.807, 2.05) is 0 Å². The third-order valence-electron chi connectivity index (χ3n) is 6.48. The fourth-order valence-corrected chi connectivity index (χ4v) is 4.40. The Kier molecular flexibility index (Phi) is 8.99. The van der Waals surface area contributed by atoms with E-state index < -0.39 is 98.4 Å². The van der Waals surface area contributed by atoms with Crippen LogP contribution in [0, 0.1) is 0 Å². The van der Waals surface area contributed by atoms with Crippen LogP contribution in [0.1, 0.15) is 6.42 Å². The van der Waals surface area contributed by atoms with E-state index in [4.69, 9.17) is 41.9 Å². The van der Waals surface area contributed by atoms with E-state index in [0.717, 1.165) is 0 Å². The van der Waals surface area contributed by atoms with Gasteiger partial charge in [-0.15, -0.1) is 0 Å². The largest absolute Gasteiger partial charge is 0.394 e. The number of hydrogen-bond donors (Lipinski definition) is 11. The van der Waals surface area contributed by atoms with Crippen molar-refractivity contribution in [2.45, 2.75) is 98.2 Å². The molecule has 33 heavy (non-hydrogen) atoms. The highest BCUT2D eigenvalue weighted by Gasteiger charge is 2.51. The molecule has 0 spiro atoms. The zero-order valence-electron chi connectivity index (χ0n) is 17.9. The Morgan fingerprint density at radius 1 is 0.667 bits per heavy atom. The van der Waals surface area contributed by atoms with Crippen LogP contribution in [0.2, 0.25) is 0 Å². The Hall–Kier alpha value is -0.600. The third kappa shape index (κ3) is 5.32. The van der Waals surface area contributed by atoms with Gasteiger partial charge in [0.05, 0.1) is 12.6 Å². The number of aliphatic hydroxyl groups excluding tert-OH is 7. The Morgan fingerprint density at radius 2 is 1.18 bits per heavy atom. The van der Waals surface area contributed by atoms with Crippen molar-refractivity contribution in [2.24, 2.45) is 22.9 Å². The SMILES string of the molecule is NCC1O[C@H](O[C@@H]2C(N)C[C@H](N)[C@@H](OC3O[C@H](CO)[C@H](O)C(N)[C@@H]3O)C2O)[C@@H](O)C(O)[C@@H]1O.